The monoisotopic (exact) mass is 327 g/mol. The van der Waals surface area contributed by atoms with Gasteiger partial charge in [-0.25, -0.2) is 14.4 Å². The van der Waals surface area contributed by atoms with Gasteiger partial charge in [-0.2, -0.15) is 0 Å². The summed E-state index contributed by atoms with van der Waals surface area (Å²) in [5, 5.41) is 13.6. The summed E-state index contributed by atoms with van der Waals surface area (Å²) >= 11 is 3.02. The average Bonchev–Trinajstić information content (AvgIpc) is 2.33. The summed E-state index contributed by atoms with van der Waals surface area (Å²) < 4.78 is 13.3. The van der Waals surface area contributed by atoms with Gasteiger partial charge in [-0.1, -0.05) is 0 Å². The fraction of sp³-hybridized carbons (Fsp3) is 0. The predicted molar refractivity (Wildman–Crippen MR) is 70.5 cm³/mol. The van der Waals surface area contributed by atoms with Crippen molar-refractivity contribution in [1.82, 2.24) is 9.97 Å². The van der Waals surface area contributed by atoms with Crippen LogP contribution in [0.2, 0.25) is 0 Å². The van der Waals surface area contributed by atoms with Crippen LogP contribution in [0.15, 0.2) is 29.0 Å². The molecule has 1 aromatic heterocycles. The normalized spacial score (nSPS) is 10.2. The van der Waals surface area contributed by atoms with Crippen molar-refractivity contribution in [1.29, 1.82) is 0 Å². The maximum Gasteiger partial charge on any atom is 0.353 e. The Bertz CT molecular complexity index is 652. The first kappa shape index (κ1) is 13.1. The Kier molecular flexibility index (Phi) is 3.56. The van der Waals surface area contributed by atoms with Crippen LogP contribution in [0.4, 0.5) is 27.4 Å². The molecule has 0 saturated carbocycles. The van der Waals surface area contributed by atoms with Crippen LogP contribution >= 0.6 is 15.9 Å². The zero-order valence-corrected chi connectivity index (χ0v) is 10.9. The Morgan fingerprint density at radius 3 is 2.79 bits per heavy atom. The molecule has 19 heavy (non-hydrogen) atoms. The molecule has 9 heteroatoms. The summed E-state index contributed by atoms with van der Waals surface area (Å²) in [5.74, 6) is -0.748. The van der Waals surface area contributed by atoms with Crippen molar-refractivity contribution in [3.05, 3.63) is 44.9 Å². The molecule has 0 unspecified atom stereocenters. The van der Waals surface area contributed by atoms with E-state index in [2.05, 4.69) is 31.2 Å². The molecule has 7 nitrogen and oxygen atoms in total. The number of nitrogens with zero attached hydrogens (tertiary/aromatic N) is 3. The quantitative estimate of drug-likeness (QED) is 0.662. The third-order valence-corrected chi connectivity index (χ3v) is 2.82. The lowest BCUT2D eigenvalue weighted by Gasteiger charge is -2.07. The molecule has 0 aliphatic heterocycles. The van der Waals surface area contributed by atoms with Crippen LogP contribution < -0.4 is 11.1 Å². The minimum absolute atomic E-state index is 0.0593. The number of nitrogen functional groups attached to an aromatic ring is 1. The van der Waals surface area contributed by atoms with E-state index in [1.807, 2.05) is 0 Å². The van der Waals surface area contributed by atoms with E-state index in [0.29, 0.717) is 5.69 Å². The van der Waals surface area contributed by atoms with E-state index in [4.69, 9.17) is 5.73 Å². The van der Waals surface area contributed by atoms with Gasteiger partial charge in [0.05, 0.1) is 9.40 Å². The predicted octanol–water partition coefficient (Wildman–Crippen LogP) is 2.61. The molecule has 0 bridgehead atoms. The van der Waals surface area contributed by atoms with Crippen LogP contribution in [-0.4, -0.2) is 14.9 Å². The molecule has 0 aliphatic rings. The lowest BCUT2D eigenvalue weighted by Crippen LogP contribution is -2.05. The van der Waals surface area contributed by atoms with Crippen molar-refractivity contribution >= 4 is 38.9 Å². The second-order valence-corrected chi connectivity index (χ2v) is 4.32. The highest BCUT2D eigenvalue weighted by atomic mass is 79.9. The Balaban J connectivity index is 2.40. The van der Waals surface area contributed by atoms with Crippen molar-refractivity contribution in [3.8, 4) is 0 Å². The molecule has 0 saturated heterocycles. The minimum atomic E-state index is -0.684. The summed E-state index contributed by atoms with van der Waals surface area (Å²) in [5.41, 5.74) is 5.43. The summed E-state index contributed by atoms with van der Waals surface area (Å²) in [6.07, 6.45) is 1.10. The summed E-state index contributed by atoms with van der Waals surface area (Å²) in [7, 11) is 0. The van der Waals surface area contributed by atoms with Gasteiger partial charge in [-0.3, -0.25) is 10.1 Å². The number of nitrogens with one attached hydrogen (secondary N) is 1. The second kappa shape index (κ2) is 5.14. The third kappa shape index (κ3) is 2.76. The van der Waals surface area contributed by atoms with Crippen molar-refractivity contribution < 1.29 is 9.31 Å². The zero-order valence-electron chi connectivity index (χ0n) is 9.30. The molecular weight excluding hydrogens is 321 g/mol. The highest BCUT2D eigenvalue weighted by Crippen LogP contribution is 2.30. The van der Waals surface area contributed by atoms with Gasteiger partial charge in [0.1, 0.15) is 12.1 Å². The molecule has 0 fully saturated rings. The van der Waals surface area contributed by atoms with Crippen LogP contribution in [0.25, 0.3) is 0 Å². The van der Waals surface area contributed by atoms with E-state index in [-0.39, 0.29) is 16.1 Å². The van der Waals surface area contributed by atoms with Gasteiger partial charge in [-0.05, 0) is 34.1 Å². The van der Waals surface area contributed by atoms with Crippen molar-refractivity contribution in [2.75, 3.05) is 11.1 Å². The highest BCUT2D eigenvalue weighted by Gasteiger charge is 2.21. The van der Waals surface area contributed by atoms with Gasteiger partial charge in [0.25, 0.3) is 0 Å². The number of anilines is 3. The number of rotatable bonds is 3. The Hall–Kier alpha value is -2.29. The summed E-state index contributed by atoms with van der Waals surface area (Å²) in [6.45, 7) is 0. The molecule has 0 amide bonds. The van der Waals surface area contributed by atoms with E-state index in [1.54, 1.807) is 0 Å². The van der Waals surface area contributed by atoms with Gasteiger partial charge >= 0.3 is 5.69 Å². The van der Waals surface area contributed by atoms with E-state index >= 15 is 0 Å². The molecule has 1 aromatic carbocycles. The smallest absolute Gasteiger partial charge is 0.353 e. The lowest BCUT2D eigenvalue weighted by molar-refractivity contribution is -0.383. The molecule has 2 rings (SSSR count). The molecule has 2 aromatic rings. The van der Waals surface area contributed by atoms with Gasteiger partial charge in [-0.15, -0.1) is 0 Å². The largest absolute Gasteiger partial charge is 0.378 e. The first-order valence-electron chi connectivity index (χ1n) is 4.96. The van der Waals surface area contributed by atoms with E-state index in [0.717, 1.165) is 6.33 Å². The van der Waals surface area contributed by atoms with E-state index in [1.165, 1.54) is 18.2 Å². The number of hydrogen-bond donors (Lipinski definition) is 2. The van der Waals surface area contributed by atoms with Crippen LogP contribution in [0.5, 0.6) is 0 Å². The SMILES string of the molecule is Nc1ncnc(Nc2ccc(F)c(Br)c2)c1[N+](=O)[O-]. The number of aromatic nitrogens is 2. The first-order chi connectivity index (χ1) is 8.99. The molecule has 0 atom stereocenters. The molecule has 0 spiro atoms. The maximum atomic E-state index is 13.1. The maximum absolute atomic E-state index is 13.1. The molecule has 98 valence electrons. The summed E-state index contributed by atoms with van der Waals surface area (Å²) in [6, 6.07) is 4.06. The number of nitro groups is 1. The van der Waals surface area contributed by atoms with Gasteiger partial charge in [0, 0.05) is 5.69 Å². The lowest BCUT2D eigenvalue weighted by atomic mass is 10.3. The standard InChI is InChI=1S/C10H7BrFN5O2/c11-6-3-5(1-2-7(6)12)16-10-8(17(18)19)9(13)14-4-15-10/h1-4H,(H3,13,14,15,16). The number of hydrogen-bond acceptors (Lipinski definition) is 6. The van der Waals surface area contributed by atoms with Crippen LogP contribution in [0.3, 0.4) is 0 Å². The van der Waals surface area contributed by atoms with Crippen molar-refractivity contribution in [2.45, 2.75) is 0 Å². The minimum Gasteiger partial charge on any atom is -0.378 e. The highest BCUT2D eigenvalue weighted by molar-refractivity contribution is 9.10. The van der Waals surface area contributed by atoms with Crippen LogP contribution in [0, 0.1) is 15.9 Å². The van der Waals surface area contributed by atoms with Gasteiger partial charge < -0.3 is 11.1 Å². The fourth-order valence-corrected chi connectivity index (χ4v) is 1.75. The van der Waals surface area contributed by atoms with Gasteiger partial charge in [0.15, 0.2) is 0 Å². The summed E-state index contributed by atoms with van der Waals surface area (Å²) in [4.78, 5) is 17.5. The average molecular weight is 328 g/mol. The van der Waals surface area contributed by atoms with E-state index in [9.17, 15) is 14.5 Å². The topological polar surface area (TPSA) is 107 Å². The van der Waals surface area contributed by atoms with Crippen LogP contribution in [0.1, 0.15) is 0 Å². The molecule has 0 radical (unpaired) electrons. The second-order valence-electron chi connectivity index (χ2n) is 3.47. The first-order valence-corrected chi connectivity index (χ1v) is 5.75. The zero-order chi connectivity index (χ0) is 14.0. The fourth-order valence-electron chi connectivity index (χ4n) is 1.37. The van der Waals surface area contributed by atoms with Crippen molar-refractivity contribution in [3.63, 3.8) is 0 Å². The number of benzene rings is 1. The Labute approximate surface area is 115 Å². The molecule has 1 heterocycles. The number of halogens is 2. The molecule has 3 N–H and O–H groups in total. The third-order valence-electron chi connectivity index (χ3n) is 2.22. The Morgan fingerprint density at radius 2 is 2.16 bits per heavy atom. The van der Waals surface area contributed by atoms with Crippen molar-refractivity contribution in [2.24, 2.45) is 0 Å². The van der Waals surface area contributed by atoms with Crippen LogP contribution in [-0.2, 0) is 0 Å². The van der Waals surface area contributed by atoms with E-state index < -0.39 is 16.4 Å². The Morgan fingerprint density at radius 1 is 1.42 bits per heavy atom. The molecular formula is C10H7BrFN5O2. The number of nitrogens with two attached hydrogens (primary N) is 1. The molecule has 0 aliphatic carbocycles. The van der Waals surface area contributed by atoms with Gasteiger partial charge in [0.2, 0.25) is 11.6 Å².